The van der Waals surface area contributed by atoms with Gasteiger partial charge in [0.25, 0.3) is 5.91 Å². The summed E-state index contributed by atoms with van der Waals surface area (Å²) < 4.78 is 13.2. The zero-order valence-corrected chi connectivity index (χ0v) is 11.2. The second-order valence-electron chi connectivity index (χ2n) is 5.39. The number of likely N-dealkylation sites (tertiary alicyclic amines) is 1. The van der Waals surface area contributed by atoms with Crippen LogP contribution in [-0.2, 0) is 4.79 Å². The lowest BCUT2D eigenvalue weighted by Gasteiger charge is -2.36. The van der Waals surface area contributed by atoms with E-state index in [2.05, 4.69) is 0 Å². The number of carboxylic acids is 1. The number of carbonyl (C=O) groups is 2. The average molecular weight is 280 g/mol. The van der Waals surface area contributed by atoms with Crippen molar-refractivity contribution in [2.45, 2.75) is 19.8 Å². The van der Waals surface area contributed by atoms with Gasteiger partial charge < -0.3 is 15.7 Å². The molecule has 1 aromatic rings. The molecule has 1 saturated heterocycles. The van der Waals surface area contributed by atoms with Gasteiger partial charge in [-0.2, -0.15) is 0 Å². The number of aliphatic carboxylic acids is 1. The molecule has 2 rings (SSSR count). The number of benzene rings is 1. The number of nitrogens with two attached hydrogens (primary N) is 1. The second kappa shape index (κ2) is 5.11. The van der Waals surface area contributed by atoms with E-state index in [1.54, 1.807) is 6.92 Å². The van der Waals surface area contributed by atoms with E-state index in [0.29, 0.717) is 25.9 Å². The maximum absolute atomic E-state index is 13.2. The molecule has 0 aliphatic carbocycles. The third kappa shape index (κ3) is 2.59. The Kier molecular flexibility index (Phi) is 3.65. The van der Waals surface area contributed by atoms with Gasteiger partial charge in [0.05, 0.1) is 11.0 Å². The Labute approximate surface area is 116 Å². The SMILES string of the molecule is CC1(C(=O)O)CCN(C(=O)c2cc(F)ccc2N)CC1. The van der Waals surface area contributed by atoms with Gasteiger partial charge in [0.1, 0.15) is 5.82 Å². The first-order valence-electron chi connectivity index (χ1n) is 6.41. The number of rotatable bonds is 2. The van der Waals surface area contributed by atoms with Crippen LogP contribution < -0.4 is 5.73 Å². The number of nitrogen functional groups attached to an aromatic ring is 1. The molecule has 6 heteroatoms. The fourth-order valence-electron chi connectivity index (χ4n) is 2.30. The van der Waals surface area contributed by atoms with Gasteiger partial charge in [-0.3, -0.25) is 9.59 Å². The Balaban J connectivity index is 2.13. The summed E-state index contributed by atoms with van der Waals surface area (Å²) in [5.74, 6) is -1.72. The highest BCUT2D eigenvalue weighted by Gasteiger charge is 2.38. The third-order valence-corrected chi connectivity index (χ3v) is 3.92. The monoisotopic (exact) mass is 280 g/mol. The molecule has 0 spiro atoms. The fourth-order valence-corrected chi connectivity index (χ4v) is 2.30. The highest BCUT2D eigenvalue weighted by atomic mass is 19.1. The van der Waals surface area contributed by atoms with Crippen molar-refractivity contribution in [2.75, 3.05) is 18.8 Å². The van der Waals surface area contributed by atoms with Gasteiger partial charge in [0.15, 0.2) is 0 Å². The van der Waals surface area contributed by atoms with E-state index in [4.69, 9.17) is 10.8 Å². The Morgan fingerprint density at radius 1 is 1.35 bits per heavy atom. The van der Waals surface area contributed by atoms with Gasteiger partial charge in [0, 0.05) is 18.8 Å². The van der Waals surface area contributed by atoms with Gasteiger partial charge in [-0.1, -0.05) is 0 Å². The summed E-state index contributed by atoms with van der Waals surface area (Å²) in [6, 6.07) is 3.67. The van der Waals surface area contributed by atoms with Crippen molar-refractivity contribution in [3.63, 3.8) is 0 Å². The molecule has 0 unspecified atom stereocenters. The maximum Gasteiger partial charge on any atom is 0.309 e. The Bertz CT molecular complexity index is 551. The second-order valence-corrected chi connectivity index (χ2v) is 5.39. The van der Waals surface area contributed by atoms with Crippen LogP contribution >= 0.6 is 0 Å². The third-order valence-electron chi connectivity index (χ3n) is 3.92. The molecule has 1 amide bonds. The van der Waals surface area contributed by atoms with Gasteiger partial charge in [-0.05, 0) is 38.0 Å². The first-order valence-corrected chi connectivity index (χ1v) is 6.41. The molecule has 0 aromatic heterocycles. The van der Waals surface area contributed by atoms with Crippen LogP contribution in [0.3, 0.4) is 0 Å². The number of carbonyl (C=O) groups excluding carboxylic acids is 1. The summed E-state index contributed by atoms with van der Waals surface area (Å²) in [7, 11) is 0. The molecule has 1 aromatic carbocycles. The van der Waals surface area contributed by atoms with Crippen molar-refractivity contribution in [1.82, 2.24) is 4.90 Å². The van der Waals surface area contributed by atoms with E-state index in [9.17, 15) is 14.0 Å². The summed E-state index contributed by atoms with van der Waals surface area (Å²) in [5, 5.41) is 9.15. The van der Waals surface area contributed by atoms with Crippen LogP contribution in [0.15, 0.2) is 18.2 Å². The highest BCUT2D eigenvalue weighted by Crippen LogP contribution is 2.32. The summed E-state index contributed by atoms with van der Waals surface area (Å²) in [5.41, 5.74) is 5.24. The van der Waals surface area contributed by atoms with E-state index < -0.39 is 17.2 Å². The van der Waals surface area contributed by atoms with Gasteiger partial charge >= 0.3 is 5.97 Å². The number of hydrogen-bond donors (Lipinski definition) is 2. The van der Waals surface area contributed by atoms with E-state index >= 15 is 0 Å². The van der Waals surface area contributed by atoms with Crippen molar-refractivity contribution in [3.05, 3.63) is 29.6 Å². The average Bonchev–Trinajstić information content (AvgIpc) is 2.41. The van der Waals surface area contributed by atoms with Crippen LogP contribution in [0.25, 0.3) is 0 Å². The topological polar surface area (TPSA) is 83.6 Å². The first-order chi connectivity index (χ1) is 9.33. The van der Waals surface area contributed by atoms with E-state index in [-0.39, 0.29) is 17.2 Å². The number of carboxylic acid groups (broad SMARTS) is 1. The molecule has 0 bridgehead atoms. The molecule has 0 saturated carbocycles. The van der Waals surface area contributed by atoms with Crippen LogP contribution in [0, 0.1) is 11.2 Å². The molecule has 3 N–H and O–H groups in total. The summed E-state index contributed by atoms with van der Waals surface area (Å²) in [4.78, 5) is 25.0. The van der Waals surface area contributed by atoms with E-state index in [1.165, 1.54) is 17.0 Å². The molecule has 0 atom stereocenters. The lowest BCUT2D eigenvalue weighted by molar-refractivity contribution is -0.150. The number of nitrogens with zero attached hydrogens (tertiary/aromatic N) is 1. The van der Waals surface area contributed by atoms with Crippen molar-refractivity contribution < 1.29 is 19.1 Å². The van der Waals surface area contributed by atoms with Crippen LogP contribution in [0.2, 0.25) is 0 Å². The minimum atomic E-state index is -0.852. The van der Waals surface area contributed by atoms with Crippen LogP contribution in [0.4, 0.5) is 10.1 Å². The van der Waals surface area contributed by atoms with Gasteiger partial charge in [-0.15, -0.1) is 0 Å². The zero-order valence-electron chi connectivity index (χ0n) is 11.2. The highest BCUT2D eigenvalue weighted by molar-refractivity contribution is 5.99. The molecule has 1 aliphatic rings. The lowest BCUT2D eigenvalue weighted by atomic mass is 9.80. The quantitative estimate of drug-likeness (QED) is 0.808. The van der Waals surface area contributed by atoms with Crippen molar-refractivity contribution in [2.24, 2.45) is 5.41 Å². The van der Waals surface area contributed by atoms with Crippen LogP contribution in [0.5, 0.6) is 0 Å². The minimum Gasteiger partial charge on any atom is -0.481 e. The number of anilines is 1. The van der Waals surface area contributed by atoms with E-state index in [0.717, 1.165) is 6.07 Å². The smallest absolute Gasteiger partial charge is 0.309 e. The Morgan fingerprint density at radius 2 is 1.95 bits per heavy atom. The summed E-state index contributed by atoms with van der Waals surface area (Å²) >= 11 is 0. The molecule has 5 nitrogen and oxygen atoms in total. The number of amides is 1. The number of piperidine rings is 1. The molecule has 0 radical (unpaired) electrons. The van der Waals surface area contributed by atoms with Crippen molar-refractivity contribution in [1.29, 1.82) is 0 Å². The molecule has 20 heavy (non-hydrogen) atoms. The number of hydrogen-bond acceptors (Lipinski definition) is 3. The molecular weight excluding hydrogens is 263 g/mol. The predicted octanol–water partition coefficient (Wildman–Crippen LogP) is 1.73. The molecule has 108 valence electrons. The summed E-state index contributed by atoms with van der Waals surface area (Å²) in [6.07, 6.45) is 0.757. The van der Waals surface area contributed by atoms with Crippen molar-refractivity contribution >= 4 is 17.6 Å². The summed E-state index contributed by atoms with van der Waals surface area (Å²) in [6.45, 7) is 2.34. The first kappa shape index (κ1) is 14.3. The van der Waals surface area contributed by atoms with Gasteiger partial charge in [0.2, 0.25) is 0 Å². The molecule has 1 aliphatic heterocycles. The fraction of sp³-hybridized carbons (Fsp3) is 0.429. The zero-order chi connectivity index (χ0) is 14.9. The standard InChI is InChI=1S/C14H17FN2O3/c1-14(13(19)20)4-6-17(7-5-14)12(18)10-8-9(15)2-3-11(10)16/h2-3,8H,4-7,16H2,1H3,(H,19,20). The van der Waals surface area contributed by atoms with E-state index in [1.807, 2.05) is 0 Å². The minimum absolute atomic E-state index is 0.129. The normalized spacial score (nSPS) is 17.8. The Morgan fingerprint density at radius 3 is 2.50 bits per heavy atom. The molecule has 1 heterocycles. The number of halogens is 1. The molecular formula is C14H17FN2O3. The molecule has 1 fully saturated rings. The van der Waals surface area contributed by atoms with Crippen LogP contribution in [-0.4, -0.2) is 35.0 Å². The predicted molar refractivity (Wildman–Crippen MR) is 71.7 cm³/mol. The largest absolute Gasteiger partial charge is 0.481 e. The van der Waals surface area contributed by atoms with Gasteiger partial charge in [-0.25, -0.2) is 4.39 Å². The van der Waals surface area contributed by atoms with Crippen LogP contribution in [0.1, 0.15) is 30.1 Å². The Hall–Kier alpha value is -2.11. The maximum atomic E-state index is 13.2. The lowest BCUT2D eigenvalue weighted by Crippen LogP contribution is -2.45. The van der Waals surface area contributed by atoms with Crippen molar-refractivity contribution in [3.8, 4) is 0 Å².